The largest absolute Gasteiger partial charge is 0.326 e. The second-order valence-electron chi connectivity index (χ2n) is 5.80. The van der Waals surface area contributed by atoms with Crippen molar-refractivity contribution in [1.29, 1.82) is 0 Å². The summed E-state index contributed by atoms with van der Waals surface area (Å²) in [6, 6.07) is 9.62. The summed E-state index contributed by atoms with van der Waals surface area (Å²) in [4.78, 5) is 14.7. The normalized spacial score (nSPS) is 18.7. The number of carbonyl (C=O) groups excluding carboxylic acids is 1. The van der Waals surface area contributed by atoms with Crippen molar-refractivity contribution >= 4 is 35.1 Å². The van der Waals surface area contributed by atoms with Gasteiger partial charge in [-0.15, -0.1) is 0 Å². The van der Waals surface area contributed by atoms with Crippen LogP contribution in [0.15, 0.2) is 30.3 Å². The monoisotopic (exact) mass is 348 g/mol. The van der Waals surface area contributed by atoms with Gasteiger partial charge in [-0.1, -0.05) is 29.5 Å². The molecule has 0 saturated carbocycles. The van der Waals surface area contributed by atoms with Crippen LogP contribution in [0.2, 0.25) is 0 Å². The molecule has 5 nitrogen and oxygen atoms in total. The lowest BCUT2D eigenvalue weighted by atomic mass is 9.97. The molecule has 3 rings (SSSR count). The van der Waals surface area contributed by atoms with Crippen molar-refractivity contribution in [2.75, 3.05) is 18.4 Å². The predicted octanol–water partition coefficient (Wildman–Crippen LogP) is 3.29. The van der Waals surface area contributed by atoms with Crippen LogP contribution in [0.4, 0.5) is 5.69 Å². The van der Waals surface area contributed by atoms with E-state index in [1.165, 1.54) is 11.3 Å². The second-order valence-corrected chi connectivity index (χ2v) is 7.63. The van der Waals surface area contributed by atoms with Gasteiger partial charge in [0.25, 0.3) is 0 Å². The molecule has 7 heteroatoms. The zero-order valence-electron chi connectivity index (χ0n) is 13.1. The molecule has 1 fully saturated rings. The van der Waals surface area contributed by atoms with E-state index in [0.717, 1.165) is 40.6 Å². The Morgan fingerprint density at radius 1 is 1.43 bits per heavy atom. The molecule has 23 heavy (non-hydrogen) atoms. The number of para-hydroxylation sites is 1. The van der Waals surface area contributed by atoms with Crippen LogP contribution in [-0.2, 0) is 11.5 Å². The third kappa shape index (κ3) is 4.25. The smallest absolute Gasteiger partial charge is 0.228 e. The standard InChI is InChI=1S/C16H20N4OS2/c1-12-18-20(16(22)23-12)11-19-9-5-6-13(10-19)15(21)17-14-7-3-2-4-8-14/h2-4,7-8,13H,5-6,9-11H2,1H3,(H,17,21). The Balaban J connectivity index is 1.60. The van der Waals surface area contributed by atoms with Gasteiger partial charge >= 0.3 is 0 Å². The van der Waals surface area contributed by atoms with Gasteiger partial charge in [0.1, 0.15) is 5.01 Å². The van der Waals surface area contributed by atoms with E-state index in [4.69, 9.17) is 12.2 Å². The molecule has 1 unspecified atom stereocenters. The minimum atomic E-state index is 0.0119. The summed E-state index contributed by atoms with van der Waals surface area (Å²) in [6.45, 7) is 4.35. The number of benzene rings is 1. The van der Waals surface area contributed by atoms with Crippen LogP contribution in [0.5, 0.6) is 0 Å². The number of anilines is 1. The van der Waals surface area contributed by atoms with Gasteiger partial charge in [-0.25, -0.2) is 4.68 Å². The maximum atomic E-state index is 12.5. The summed E-state index contributed by atoms with van der Waals surface area (Å²) in [5.74, 6) is 0.108. The maximum Gasteiger partial charge on any atom is 0.228 e. The Morgan fingerprint density at radius 3 is 2.91 bits per heavy atom. The van der Waals surface area contributed by atoms with E-state index in [2.05, 4.69) is 15.3 Å². The van der Waals surface area contributed by atoms with E-state index >= 15 is 0 Å². The number of aryl methyl sites for hydroxylation is 1. The number of hydrogen-bond donors (Lipinski definition) is 1. The summed E-state index contributed by atoms with van der Waals surface area (Å²) in [5.41, 5.74) is 0.854. The zero-order valence-corrected chi connectivity index (χ0v) is 14.7. The second kappa shape index (κ2) is 7.33. The quantitative estimate of drug-likeness (QED) is 0.862. The first-order chi connectivity index (χ1) is 11.1. The van der Waals surface area contributed by atoms with Gasteiger partial charge in [-0.3, -0.25) is 9.69 Å². The van der Waals surface area contributed by atoms with Gasteiger partial charge in [0, 0.05) is 12.2 Å². The number of piperidine rings is 1. The van der Waals surface area contributed by atoms with E-state index in [1.807, 2.05) is 41.9 Å². The van der Waals surface area contributed by atoms with Crippen molar-refractivity contribution in [1.82, 2.24) is 14.7 Å². The highest BCUT2D eigenvalue weighted by molar-refractivity contribution is 7.73. The van der Waals surface area contributed by atoms with Crippen LogP contribution < -0.4 is 5.32 Å². The third-order valence-electron chi connectivity index (χ3n) is 3.96. The number of hydrogen-bond acceptors (Lipinski definition) is 5. The molecule has 0 radical (unpaired) electrons. The average molecular weight is 348 g/mol. The van der Waals surface area contributed by atoms with Crippen LogP contribution >= 0.6 is 23.6 Å². The summed E-state index contributed by atoms with van der Waals surface area (Å²) in [6.07, 6.45) is 1.94. The zero-order chi connectivity index (χ0) is 16.2. The van der Waals surface area contributed by atoms with E-state index in [0.29, 0.717) is 6.67 Å². The van der Waals surface area contributed by atoms with Gasteiger partial charge in [0.2, 0.25) is 5.91 Å². The molecule has 1 aromatic heterocycles. The van der Waals surface area contributed by atoms with E-state index in [1.54, 1.807) is 0 Å². The number of amides is 1. The van der Waals surface area contributed by atoms with Crippen LogP contribution in [0.3, 0.4) is 0 Å². The summed E-state index contributed by atoms with van der Waals surface area (Å²) < 4.78 is 2.64. The molecule has 0 spiro atoms. The summed E-state index contributed by atoms with van der Waals surface area (Å²) in [7, 11) is 0. The fourth-order valence-corrected chi connectivity index (χ4v) is 3.91. The first kappa shape index (κ1) is 16.3. The van der Waals surface area contributed by atoms with Gasteiger partial charge < -0.3 is 5.32 Å². The first-order valence-corrected chi connectivity index (χ1v) is 8.97. The minimum absolute atomic E-state index is 0.0119. The van der Waals surface area contributed by atoms with Crippen molar-refractivity contribution in [3.05, 3.63) is 39.3 Å². The van der Waals surface area contributed by atoms with Gasteiger partial charge in [-0.05, 0) is 50.7 Å². The Kier molecular flexibility index (Phi) is 5.20. The van der Waals surface area contributed by atoms with E-state index < -0.39 is 0 Å². The Labute approximate surface area is 144 Å². The Hall–Kier alpha value is -1.57. The highest BCUT2D eigenvalue weighted by Crippen LogP contribution is 2.20. The molecule has 1 amide bonds. The fourth-order valence-electron chi connectivity index (χ4n) is 2.85. The molecule has 1 aromatic carbocycles. The number of nitrogens with zero attached hydrogens (tertiary/aromatic N) is 3. The van der Waals surface area contributed by atoms with Gasteiger partial charge in [0.15, 0.2) is 3.95 Å². The van der Waals surface area contributed by atoms with Crippen molar-refractivity contribution in [3.8, 4) is 0 Å². The molecule has 0 bridgehead atoms. The highest BCUT2D eigenvalue weighted by atomic mass is 32.1. The van der Waals surface area contributed by atoms with Crippen LogP contribution in [0, 0.1) is 16.8 Å². The van der Waals surface area contributed by atoms with Crippen molar-refractivity contribution in [3.63, 3.8) is 0 Å². The van der Waals surface area contributed by atoms with Crippen molar-refractivity contribution in [2.24, 2.45) is 5.92 Å². The first-order valence-electron chi connectivity index (χ1n) is 7.74. The van der Waals surface area contributed by atoms with Crippen molar-refractivity contribution < 1.29 is 4.79 Å². The van der Waals surface area contributed by atoms with Crippen molar-refractivity contribution in [2.45, 2.75) is 26.4 Å². The Morgan fingerprint density at radius 2 is 2.22 bits per heavy atom. The lowest BCUT2D eigenvalue weighted by molar-refractivity contribution is -0.121. The van der Waals surface area contributed by atoms with E-state index in [9.17, 15) is 4.79 Å². The van der Waals surface area contributed by atoms with E-state index in [-0.39, 0.29) is 11.8 Å². The Bertz CT molecular complexity index is 725. The predicted molar refractivity (Wildman–Crippen MR) is 95.0 cm³/mol. The molecule has 2 heterocycles. The maximum absolute atomic E-state index is 12.5. The lowest BCUT2D eigenvalue weighted by Gasteiger charge is -2.31. The lowest BCUT2D eigenvalue weighted by Crippen LogP contribution is -2.41. The number of aromatic nitrogens is 2. The SMILES string of the molecule is Cc1nn(CN2CCCC(C(=O)Nc3ccccc3)C2)c(=S)s1. The molecule has 1 aliphatic rings. The molecule has 122 valence electrons. The average Bonchev–Trinajstić information content (AvgIpc) is 2.86. The molecule has 1 saturated heterocycles. The topological polar surface area (TPSA) is 50.2 Å². The summed E-state index contributed by atoms with van der Waals surface area (Å²) in [5, 5.41) is 8.41. The summed E-state index contributed by atoms with van der Waals surface area (Å²) >= 11 is 6.85. The fraction of sp³-hybridized carbons (Fsp3) is 0.438. The van der Waals surface area contributed by atoms with Gasteiger partial charge in [-0.2, -0.15) is 5.10 Å². The number of nitrogens with one attached hydrogen (secondary N) is 1. The third-order valence-corrected chi connectivity index (χ3v) is 5.18. The molecule has 0 aliphatic carbocycles. The molecule has 1 atom stereocenters. The van der Waals surface area contributed by atoms with Gasteiger partial charge in [0.05, 0.1) is 12.6 Å². The van der Waals surface area contributed by atoms with Crippen LogP contribution in [0.25, 0.3) is 0 Å². The van der Waals surface area contributed by atoms with Crippen LogP contribution in [-0.4, -0.2) is 33.7 Å². The van der Waals surface area contributed by atoms with Crippen LogP contribution in [0.1, 0.15) is 17.8 Å². The molecule has 2 aromatic rings. The minimum Gasteiger partial charge on any atom is -0.326 e. The highest BCUT2D eigenvalue weighted by Gasteiger charge is 2.26. The molecule has 1 aliphatic heterocycles. The molecular weight excluding hydrogens is 328 g/mol. The number of rotatable bonds is 4. The number of likely N-dealkylation sites (tertiary alicyclic amines) is 1. The number of carbonyl (C=O) groups is 1. The molecular formula is C16H20N4OS2. The molecule has 1 N–H and O–H groups in total.